The Morgan fingerprint density at radius 2 is 1.86 bits per heavy atom. The van der Waals surface area contributed by atoms with Gasteiger partial charge in [-0.05, 0) is 44.9 Å². The van der Waals surface area contributed by atoms with E-state index in [9.17, 15) is 13.2 Å². The molecule has 3 fully saturated rings. The zero-order chi connectivity index (χ0) is 16.9. The fourth-order valence-electron chi connectivity index (χ4n) is 3.91. The lowest BCUT2D eigenvalue weighted by Crippen LogP contribution is -2.68. The number of rotatable bonds is 5. The molecule has 3 saturated carbocycles. The number of fused-ring (bicyclic) bond motifs is 2. The van der Waals surface area contributed by atoms with Gasteiger partial charge in [0.1, 0.15) is 11.7 Å². The van der Waals surface area contributed by atoms with Crippen LogP contribution in [-0.2, 0) is 23.8 Å². The molecule has 4 atom stereocenters. The molecule has 0 aromatic heterocycles. The highest BCUT2D eigenvalue weighted by molar-refractivity contribution is 7.86. The largest absolute Gasteiger partial charge is 0.453 e. The van der Waals surface area contributed by atoms with Gasteiger partial charge in [0.05, 0.1) is 5.75 Å². The fourth-order valence-corrected chi connectivity index (χ4v) is 4.67. The van der Waals surface area contributed by atoms with Gasteiger partial charge < -0.3 is 4.74 Å². The van der Waals surface area contributed by atoms with Crippen LogP contribution in [0.25, 0.3) is 0 Å². The molecular weight excluding hydrogens is 304 g/mol. The summed E-state index contributed by atoms with van der Waals surface area (Å²) in [5.74, 6) is -0.108. The van der Waals surface area contributed by atoms with Crippen molar-refractivity contribution in [2.45, 2.75) is 59.2 Å². The first-order valence-electron chi connectivity index (χ1n) is 7.74. The van der Waals surface area contributed by atoms with E-state index in [1.807, 2.05) is 0 Å². The zero-order valence-electron chi connectivity index (χ0n) is 14.0. The summed E-state index contributed by atoms with van der Waals surface area (Å²) in [7, 11) is -3.60. The van der Waals surface area contributed by atoms with Crippen molar-refractivity contribution in [3.05, 3.63) is 12.2 Å². The third-order valence-electron chi connectivity index (χ3n) is 5.58. The lowest BCUT2D eigenvalue weighted by atomic mass is 9.43. The third kappa shape index (κ3) is 2.71. The SMILES string of the molecule is C=C(C)C(=O)O[C@@]1(C)C2CC(C[C@H]1OS(=O)(=O)CC)C2(C)C. The van der Waals surface area contributed by atoms with Gasteiger partial charge in [0, 0.05) is 11.5 Å². The van der Waals surface area contributed by atoms with Crippen molar-refractivity contribution in [2.75, 3.05) is 5.75 Å². The van der Waals surface area contributed by atoms with Crippen molar-refractivity contribution in [2.24, 2.45) is 17.3 Å². The molecule has 0 aliphatic heterocycles. The van der Waals surface area contributed by atoms with Gasteiger partial charge in [0.25, 0.3) is 10.1 Å². The first-order valence-corrected chi connectivity index (χ1v) is 9.31. The van der Waals surface area contributed by atoms with E-state index in [-0.39, 0.29) is 17.1 Å². The molecule has 3 rings (SSSR count). The summed E-state index contributed by atoms with van der Waals surface area (Å²) in [6.45, 7) is 12.8. The van der Waals surface area contributed by atoms with E-state index in [4.69, 9.17) is 8.92 Å². The Morgan fingerprint density at radius 1 is 1.27 bits per heavy atom. The van der Waals surface area contributed by atoms with Crippen LogP contribution in [0.1, 0.15) is 47.5 Å². The van der Waals surface area contributed by atoms with E-state index in [1.165, 1.54) is 0 Å². The van der Waals surface area contributed by atoms with Crippen LogP contribution in [-0.4, -0.2) is 31.8 Å². The Morgan fingerprint density at radius 3 is 2.32 bits per heavy atom. The molecule has 2 bridgehead atoms. The number of carbonyl (C=O) groups is 1. The van der Waals surface area contributed by atoms with Crippen LogP contribution in [0.4, 0.5) is 0 Å². The summed E-state index contributed by atoms with van der Waals surface area (Å²) in [4.78, 5) is 12.0. The smallest absolute Gasteiger partial charge is 0.333 e. The first-order chi connectivity index (χ1) is 9.94. The molecule has 3 aliphatic carbocycles. The average molecular weight is 330 g/mol. The van der Waals surface area contributed by atoms with Gasteiger partial charge in [0.2, 0.25) is 0 Å². The fraction of sp³-hybridized carbons (Fsp3) is 0.812. The van der Waals surface area contributed by atoms with Crippen molar-refractivity contribution in [1.29, 1.82) is 0 Å². The van der Waals surface area contributed by atoms with Gasteiger partial charge in [-0.1, -0.05) is 20.4 Å². The second kappa shape index (κ2) is 5.34. The Balaban J connectivity index is 2.32. The van der Waals surface area contributed by atoms with Gasteiger partial charge in [0.15, 0.2) is 0 Å². The number of ether oxygens (including phenoxy) is 1. The zero-order valence-corrected chi connectivity index (χ0v) is 14.8. The minimum Gasteiger partial charge on any atom is -0.453 e. The minimum atomic E-state index is -3.60. The molecule has 0 amide bonds. The summed E-state index contributed by atoms with van der Waals surface area (Å²) in [6, 6.07) is 0. The lowest BCUT2D eigenvalue weighted by molar-refractivity contribution is -0.249. The highest BCUT2D eigenvalue weighted by Gasteiger charge is 2.66. The Hall–Kier alpha value is -0.880. The normalized spacial score (nSPS) is 36.3. The van der Waals surface area contributed by atoms with Gasteiger partial charge in [-0.15, -0.1) is 0 Å². The van der Waals surface area contributed by atoms with Crippen LogP contribution in [0.3, 0.4) is 0 Å². The topological polar surface area (TPSA) is 69.7 Å². The Labute approximate surface area is 133 Å². The number of esters is 1. The second-order valence-corrected chi connectivity index (χ2v) is 9.21. The second-order valence-electron chi connectivity index (χ2n) is 7.33. The standard InChI is InChI=1S/C16H26O5S/c1-7-22(18,19)21-13-9-11-8-12(15(11,4)5)16(13,6)20-14(17)10(2)3/h11-13H,2,7-9H2,1,3-6H3/t11?,12?,13-,16+/m1/s1. The quantitative estimate of drug-likeness (QED) is 0.440. The molecule has 3 aliphatic rings. The monoisotopic (exact) mass is 330 g/mol. The number of carbonyl (C=O) groups excluding carboxylic acids is 1. The predicted molar refractivity (Wildman–Crippen MR) is 83.6 cm³/mol. The molecule has 0 spiro atoms. The number of hydrogen-bond donors (Lipinski definition) is 0. The molecule has 0 aromatic rings. The third-order valence-corrected chi connectivity index (χ3v) is 6.81. The summed E-state index contributed by atoms with van der Waals surface area (Å²) in [6.07, 6.45) is 0.888. The van der Waals surface area contributed by atoms with Crippen LogP contribution < -0.4 is 0 Å². The van der Waals surface area contributed by atoms with Crippen LogP contribution in [0.15, 0.2) is 12.2 Å². The van der Waals surface area contributed by atoms with Crippen LogP contribution in [0.2, 0.25) is 0 Å². The van der Waals surface area contributed by atoms with Crippen molar-refractivity contribution in [3.63, 3.8) is 0 Å². The van der Waals surface area contributed by atoms with E-state index in [1.54, 1.807) is 20.8 Å². The maximum absolute atomic E-state index is 12.0. The van der Waals surface area contributed by atoms with Gasteiger partial charge in [-0.2, -0.15) is 8.42 Å². The molecule has 0 N–H and O–H groups in total. The summed E-state index contributed by atoms with van der Waals surface area (Å²) >= 11 is 0. The van der Waals surface area contributed by atoms with E-state index in [0.29, 0.717) is 17.9 Å². The van der Waals surface area contributed by atoms with E-state index in [2.05, 4.69) is 20.4 Å². The molecule has 5 nitrogen and oxygen atoms in total. The molecule has 126 valence electrons. The van der Waals surface area contributed by atoms with Gasteiger partial charge >= 0.3 is 5.97 Å². The highest BCUT2D eigenvalue weighted by Crippen LogP contribution is 2.64. The molecule has 0 saturated heterocycles. The molecule has 0 radical (unpaired) electrons. The van der Waals surface area contributed by atoms with Gasteiger partial charge in [-0.25, -0.2) is 4.79 Å². The van der Waals surface area contributed by atoms with Gasteiger partial charge in [-0.3, -0.25) is 4.18 Å². The molecular formula is C16H26O5S. The van der Waals surface area contributed by atoms with Crippen molar-refractivity contribution in [3.8, 4) is 0 Å². The van der Waals surface area contributed by atoms with Crippen LogP contribution >= 0.6 is 0 Å². The molecule has 22 heavy (non-hydrogen) atoms. The maximum Gasteiger partial charge on any atom is 0.333 e. The average Bonchev–Trinajstić information content (AvgIpc) is 2.40. The molecule has 0 aromatic carbocycles. The van der Waals surface area contributed by atoms with E-state index >= 15 is 0 Å². The first kappa shape index (κ1) is 17.5. The molecule has 0 heterocycles. The molecule has 6 heteroatoms. The number of hydrogen-bond acceptors (Lipinski definition) is 5. The Kier molecular flexibility index (Phi) is 4.24. The Bertz CT molecular complexity index is 592. The minimum absolute atomic E-state index is 0.0138. The summed E-state index contributed by atoms with van der Waals surface area (Å²) in [5.41, 5.74) is -0.631. The predicted octanol–water partition coefficient (Wildman–Crippen LogP) is 2.67. The highest BCUT2D eigenvalue weighted by atomic mass is 32.2. The maximum atomic E-state index is 12.0. The van der Waals surface area contributed by atoms with E-state index < -0.39 is 27.8 Å². The van der Waals surface area contributed by atoms with Crippen molar-refractivity contribution < 1.29 is 22.1 Å². The van der Waals surface area contributed by atoms with Crippen LogP contribution in [0.5, 0.6) is 0 Å². The summed E-state index contributed by atoms with van der Waals surface area (Å²) < 4.78 is 34.8. The van der Waals surface area contributed by atoms with Crippen LogP contribution in [0, 0.1) is 17.3 Å². The van der Waals surface area contributed by atoms with Crippen molar-refractivity contribution >= 4 is 16.1 Å². The van der Waals surface area contributed by atoms with E-state index in [0.717, 1.165) is 6.42 Å². The lowest BCUT2D eigenvalue weighted by Gasteiger charge is -2.65. The molecule has 2 unspecified atom stereocenters. The van der Waals surface area contributed by atoms with Crippen molar-refractivity contribution in [1.82, 2.24) is 0 Å². The summed E-state index contributed by atoms with van der Waals surface area (Å²) in [5, 5.41) is 0.